The van der Waals surface area contributed by atoms with Gasteiger partial charge < -0.3 is 4.90 Å². The minimum Gasteiger partial charge on any atom is -0.334 e. The van der Waals surface area contributed by atoms with Crippen LogP contribution >= 0.6 is 11.3 Å². The second-order valence-electron chi connectivity index (χ2n) is 4.50. The van der Waals surface area contributed by atoms with Gasteiger partial charge in [0.1, 0.15) is 0 Å². The quantitative estimate of drug-likeness (QED) is 0.790. The maximum atomic E-state index is 12.2. The average molecular weight is 296 g/mol. The molecule has 1 aromatic carbocycles. The Balaban J connectivity index is 2.00. The van der Waals surface area contributed by atoms with Gasteiger partial charge in [-0.25, -0.2) is 0 Å². The summed E-state index contributed by atoms with van der Waals surface area (Å²) in [5.74, 6) is -0.00439. The van der Waals surface area contributed by atoms with Crippen LogP contribution in [-0.4, -0.2) is 17.4 Å². The highest BCUT2D eigenvalue weighted by molar-refractivity contribution is 7.09. The van der Waals surface area contributed by atoms with E-state index in [9.17, 15) is 4.79 Å². The molecule has 0 bridgehead atoms. The zero-order chi connectivity index (χ0) is 15.1. The summed E-state index contributed by atoms with van der Waals surface area (Å²) in [4.78, 5) is 15.2. The first-order chi connectivity index (χ1) is 10.2. The fraction of sp³-hybridized carbons (Fsp3) is 0.176. The third-order valence-electron chi connectivity index (χ3n) is 3.08. The molecule has 1 aromatic heterocycles. The molecule has 0 spiro atoms. The molecule has 0 N–H and O–H groups in total. The summed E-state index contributed by atoms with van der Waals surface area (Å²) >= 11 is 1.65. The van der Waals surface area contributed by atoms with Crippen LogP contribution in [0.1, 0.15) is 22.9 Å². The number of carbonyl (C=O) groups excluding carboxylic acids is 1. The smallest absolute Gasteiger partial charge is 0.246 e. The summed E-state index contributed by atoms with van der Waals surface area (Å²) in [5, 5.41) is 10.8. The third kappa shape index (κ3) is 4.30. The van der Waals surface area contributed by atoms with Gasteiger partial charge in [-0.15, -0.1) is 11.3 Å². The Kier molecular flexibility index (Phi) is 5.30. The van der Waals surface area contributed by atoms with Crippen molar-refractivity contribution in [3.8, 4) is 6.07 Å². The van der Waals surface area contributed by atoms with Crippen molar-refractivity contribution >= 4 is 23.3 Å². The topological polar surface area (TPSA) is 44.1 Å². The molecule has 0 radical (unpaired) electrons. The van der Waals surface area contributed by atoms with Crippen LogP contribution in [-0.2, 0) is 11.3 Å². The SMILES string of the molecule is CCN(Cc1cccs1)C(=O)C=Cc1ccc(C#N)cc1. The second kappa shape index (κ2) is 7.41. The molecule has 0 aliphatic carbocycles. The molecule has 0 unspecified atom stereocenters. The van der Waals surface area contributed by atoms with Crippen molar-refractivity contribution < 1.29 is 4.79 Å². The third-order valence-corrected chi connectivity index (χ3v) is 3.94. The van der Waals surface area contributed by atoms with Gasteiger partial charge in [-0.1, -0.05) is 18.2 Å². The van der Waals surface area contributed by atoms with E-state index in [2.05, 4.69) is 6.07 Å². The lowest BCUT2D eigenvalue weighted by Crippen LogP contribution is -2.28. The van der Waals surface area contributed by atoms with E-state index < -0.39 is 0 Å². The Morgan fingerprint density at radius 1 is 1.33 bits per heavy atom. The lowest BCUT2D eigenvalue weighted by Gasteiger charge is -2.18. The maximum Gasteiger partial charge on any atom is 0.246 e. The first kappa shape index (κ1) is 15.0. The first-order valence-corrected chi connectivity index (χ1v) is 7.60. The van der Waals surface area contributed by atoms with E-state index >= 15 is 0 Å². The van der Waals surface area contributed by atoms with Crippen LogP contribution in [0.2, 0.25) is 0 Å². The summed E-state index contributed by atoms with van der Waals surface area (Å²) in [6.07, 6.45) is 3.36. The average Bonchev–Trinajstić information content (AvgIpc) is 3.03. The second-order valence-corrected chi connectivity index (χ2v) is 5.53. The molecule has 2 rings (SSSR count). The zero-order valence-electron chi connectivity index (χ0n) is 11.8. The molecule has 21 heavy (non-hydrogen) atoms. The van der Waals surface area contributed by atoms with Crippen LogP contribution in [0.25, 0.3) is 6.08 Å². The molecular formula is C17H16N2OS. The van der Waals surface area contributed by atoms with Gasteiger partial charge in [-0.05, 0) is 42.1 Å². The van der Waals surface area contributed by atoms with Crippen LogP contribution < -0.4 is 0 Å². The van der Waals surface area contributed by atoms with E-state index in [0.29, 0.717) is 18.7 Å². The molecule has 4 heteroatoms. The summed E-state index contributed by atoms with van der Waals surface area (Å²) in [6, 6.07) is 13.2. The van der Waals surface area contributed by atoms with Crippen molar-refractivity contribution in [1.29, 1.82) is 5.26 Å². The predicted molar refractivity (Wildman–Crippen MR) is 85.6 cm³/mol. The highest BCUT2D eigenvalue weighted by atomic mass is 32.1. The Morgan fingerprint density at radius 3 is 2.67 bits per heavy atom. The first-order valence-electron chi connectivity index (χ1n) is 6.72. The van der Waals surface area contributed by atoms with Crippen molar-refractivity contribution in [3.05, 3.63) is 63.9 Å². The van der Waals surface area contributed by atoms with E-state index in [-0.39, 0.29) is 5.91 Å². The molecule has 3 nitrogen and oxygen atoms in total. The number of benzene rings is 1. The molecule has 1 heterocycles. The fourth-order valence-electron chi connectivity index (χ4n) is 1.88. The number of amides is 1. The number of likely N-dealkylation sites (N-methyl/N-ethyl adjacent to an activating group) is 1. The van der Waals surface area contributed by atoms with Crippen molar-refractivity contribution in [2.24, 2.45) is 0 Å². The Labute approximate surface area is 128 Å². The zero-order valence-corrected chi connectivity index (χ0v) is 12.6. The largest absolute Gasteiger partial charge is 0.334 e. The molecule has 2 aromatic rings. The van der Waals surface area contributed by atoms with E-state index in [1.54, 1.807) is 40.5 Å². The van der Waals surface area contributed by atoms with Gasteiger partial charge >= 0.3 is 0 Å². The van der Waals surface area contributed by atoms with Crippen LogP contribution in [0.5, 0.6) is 0 Å². The summed E-state index contributed by atoms with van der Waals surface area (Å²) in [7, 11) is 0. The number of hydrogen-bond donors (Lipinski definition) is 0. The number of thiophene rings is 1. The maximum absolute atomic E-state index is 12.2. The number of rotatable bonds is 5. The van der Waals surface area contributed by atoms with E-state index in [1.165, 1.54) is 4.88 Å². The molecule has 0 atom stereocenters. The Hall–Kier alpha value is -2.38. The van der Waals surface area contributed by atoms with Crippen LogP contribution in [0.3, 0.4) is 0 Å². The van der Waals surface area contributed by atoms with E-state index in [4.69, 9.17) is 5.26 Å². The van der Waals surface area contributed by atoms with Gasteiger partial charge in [0.2, 0.25) is 5.91 Å². The van der Waals surface area contributed by atoms with Gasteiger partial charge in [-0.3, -0.25) is 4.79 Å². The molecule has 0 aliphatic rings. The van der Waals surface area contributed by atoms with Crippen molar-refractivity contribution in [2.45, 2.75) is 13.5 Å². The number of nitrogens with zero attached hydrogens (tertiary/aromatic N) is 2. The monoisotopic (exact) mass is 296 g/mol. The molecule has 0 saturated heterocycles. The summed E-state index contributed by atoms with van der Waals surface area (Å²) in [5.41, 5.74) is 1.53. The molecule has 0 aliphatic heterocycles. The minimum atomic E-state index is -0.00439. The van der Waals surface area contributed by atoms with Crippen LogP contribution in [0, 0.1) is 11.3 Å². The minimum absolute atomic E-state index is 0.00439. The van der Waals surface area contributed by atoms with Gasteiger partial charge in [0.05, 0.1) is 18.2 Å². The number of hydrogen-bond acceptors (Lipinski definition) is 3. The predicted octanol–water partition coefficient (Wildman–Crippen LogP) is 3.68. The number of carbonyl (C=O) groups is 1. The summed E-state index contributed by atoms with van der Waals surface area (Å²) < 4.78 is 0. The summed E-state index contributed by atoms with van der Waals surface area (Å²) in [6.45, 7) is 3.29. The van der Waals surface area contributed by atoms with Gasteiger partial charge in [0.15, 0.2) is 0 Å². The van der Waals surface area contributed by atoms with Crippen LogP contribution in [0.15, 0.2) is 47.9 Å². The fourth-order valence-corrected chi connectivity index (χ4v) is 2.60. The highest BCUT2D eigenvalue weighted by Gasteiger charge is 2.09. The van der Waals surface area contributed by atoms with Crippen molar-refractivity contribution in [3.63, 3.8) is 0 Å². The Morgan fingerprint density at radius 2 is 2.10 bits per heavy atom. The molecular weight excluding hydrogens is 280 g/mol. The lowest BCUT2D eigenvalue weighted by atomic mass is 10.1. The van der Waals surface area contributed by atoms with Gasteiger partial charge in [0.25, 0.3) is 0 Å². The van der Waals surface area contributed by atoms with E-state index in [1.807, 2.05) is 36.6 Å². The lowest BCUT2D eigenvalue weighted by molar-refractivity contribution is -0.126. The molecule has 1 amide bonds. The molecule has 106 valence electrons. The van der Waals surface area contributed by atoms with Gasteiger partial charge in [-0.2, -0.15) is 5.26 Å². The van der Waals surface area contributed by atoms with Crippen molar-refractivity contribution in [1.82, 2.24) is 4.90 Å². The van der Waals surface area contributed by atoms with Crippen molar-refractivity contribution in [2.75, 3.05) is 6.54 Å². The van der Waals surface area contributed by atoms with Crippen LogP contribution in [0.4, 0.5) is 0 Å². The number of nitriles is 1. The van der Waals surface area contributed by atoms with E-state index in [0.717, 1.165) is 5.56 Å². The van der Waals surface area contributed by atoms with Gasteiger partial charge in [0, 0.05) is 17.5 Å². The molecule has 0 fully saturated rings. The normalized spacial score (nSPS) is 10.5. The highest BCUT2D eigenvalue weighted by Crippen LogP contribution is 2.12. The Bertz CT molecular complexity index is 651. The molecule has 0 saturated carbocycles. The standard InChI is InChI=1S/C17H16N2OS/c1-2-19(13-16-4-3-11-21-16)17(20)10-9-14-5-7-15(12-18)8-6-14/h3-11H,2,13H2,1H3.